The van der Waals surface area contributed by atoms with Crippen LogP contribution in [0.2, 0.25) is 0 Å². The topological polar surface area (TPSA) is 92.6 Å². The molecule has 0 saturated heterocycles. The van der Waals surface area contributed by atoms with Gasteiger partial charge in [0.1, 0.15) is 18.0 Å². The predicted octanol–water partition coefficient (Wildman–Crippen LogP) is 0.527. The second-order valence-corrected chi connectivity index (χ2v) is 4.92. The molecule has 0 aliphatic carbocycles. The van der Waals surface area contributed by atoms with Crippen molar-refractivity contribution >= 4 is 5.84 Å². The first-order valence-electron chi connectivity index (χ1n) is 6.53. The van der Waals surface area contributed by atoms with Gasteiger partial charge in [-0.1, -0.05) is 17.3 Å². The summed E-state index contributed by atoms with van der Waals surface area (Å²) >= 11 is 0. The first-order chi connectivity index (χ1) is 10.2. The molecule has 21 heavy (non-hydrogen) atoms. The summed E-state index contributed by atoms with van der Waals surface area (Å²) < 4.78 is 16.4. The SMILES string of the molecule is N/C(=N/O)c1cccc(CN2CCn3cnnc3C2)c1F. The van der Waals surface area contributed by atoms with Crippen LogP contribution in [0.25, 0.3) is 0 Å². The fourth-order valence-electron chi connectivity index (χ4n) is 2.45. The summed E-state index contributed by atoms with van der Waals surface area (Å²) in [5, 5.41) is 19.4. The van der Waals surface area contributed by atoms with E-state index in [9.17, 15) is 4.39 Å². The molecule has 0 fully saturated rings. The van der Waals surface area contributed by atoms with Crippen molar-refractivity contribution in [2.45, 2.75) is 19.6 Å². The van der Waals surface area contributed by atoms with E-state index in [-0.39, 0.29) is 11.4 Å². The van der Waals surface area contributed by atoms with Crippen molar-refractivity contribution in [1.82, 2.24) is 19.7 Å². The number of aromatic nitrogens is 3. The number of fused-ring (bicyclic) bond motifs is 1. The Balaban J connectivity index is 1.80. The molecule has 2 heterocycles. The minimum absolute atomic E-state index is 0.107. The normalized spacial score (nSPS) is 16.0. The molecule has 0 saturated carbocycles. The lowest BCUT2D eigenvalue weighted by atomic mass is 10.1. The van der Waals surface area contributed by atoms with E-state index in [0.29, 0.717) is 18.7 Å². The lowest BCUT2D eigenvalue weighted by Crippen LogP contribution is -2.33. The van der Waals surface area contributed by atoms with Gasteiger partial charge in [0.25, 0.3) is 0 Å². The molecule has 1 aliphatic rings. The zero-order valence-corrected chi connectivity index (χ0v) is 11.3. The third kappa shape index (κ3) is 2.57. The summed E-state index contributed by atoms with van der Waals surface area (Å²) in [4.78, 5) is 2.08. The van der Waals surface area contributed by atoms with Gasteiger partial charge in [0, 0.05) is 25.2 Å². The first kappa shape index (κ1) is 13.5. The molecule has 1 aliphatic heterocycles. The minimum atomic E-state index is -0.458. The van der Waals surface area contributed by atoms with Gasteiger partial charge in [0.05, 0.1) is 12.1 Å². The number of hydrogen-bond acceptors (Lipinski definition) is 5. The second-order valence-electron chi connectivity index (χ2n) is 4.92. The van der Waals surface area contributed by atoms with Gasteiger partial charge in [0.2, 0.25) is 0 Å². The minimum Gasteiger partial charge on any atom is -0.409 e. The van der Waals surface area contributed by atoms with Gasteiger partial charge in [-0.2, -0.15) is 0 Å². The number of halogens is 1. The molecular weight excluding hydrogens is 275 g/mol. The van der Waals surface area contributed by atoms with E-state index in [1.807, 2.05) is 4.57 Å². The second kappa shape index (κ2) is 5.49. The van der Waals surface area contributed by atoms with E-state index in [1.54, 1.807) is 18.5 Å². The van der Waals surface area contributed by atoms with Crippen molar-refractivity contribution in [2.24, 2.45) is 10.9 Å². The van der Waals surface area contributed by atoms with Crippen LogP contribution in [0.1, 0.15) is 17.0 Å². The van der Waals surface area contributed by atoms with Gasteiger partial charge >= 0.3 is 0 Å². The van der Waals surface area contributed by atoms with Crippen molar-refractivity contribution in [3.63, 3.8) is 0 Å². The highest BCUT2D eigenvalue weighted by Crippen LogP contribution is 2.18. The zero-order valence-electron chi connectivity index (χ0n) is 11.3. The third-order valence-electron chi connectivity index (χ3n) is 3.57. The van der Waals surface area contributed by atoms with E-state index < -0.39 is 5.82 Å². The molecule has 3 rings (SSSR count). The Hall–Kier alpha value is -2.48. The van der Waals surface area contributed by atoms with Gasteiger partial charge < -0.3 is 15.5 Å². The van der Waals surface area contributed by atoms with Crippen LogP contribution in [-0.2, 0) is 19.6 Å². The van der Waals surface area contributed by atoms with E-state index in [4.69, 9.17) is 10.9 Å². The maximum atomic E-state index is 14.4. The summed E-state index contributed by atoms with van der Waals surface area (Å²) in [6.45, 7) is 2.63. The summed E-state index contributed by atoms with van der Waals surface area (Å²) in [6.07, 6.45) is 1.70. The number of nitrogens with zero attached hydrogens (tertiary/aromatic N) is 5. The highest BCUT2D eigenvalue weighted by atomic mass is 19.1. The Bertz CT molecular complexity index is 683. The molecular formula is C13H15FN6O. The Labute approximate surface area is 120 Å². The van der Waals surface area contributed by atoms with Gasteiger partial charge in [0.15, 0.2) is 5.84 Å². The highest BCUT2D eigenvalue weighted by Gasteiger charge is 2.20. The maximum absolute atomic E-state index is 14.4. The zero-order chi connectivity index (χ0) is 14.8. The molecule has 110 valence electrons. The fourth-order valence-corrected chi connectivity index (χ4v) is 2.45. The number of nitrogens with two attached hydrogens (primary N) is 1. The van der Waals surface area contributed by atoms with E-state index in [1.165, 1.54) is 6.07 Å². The van der Waals surface area contributed by atoms with Gasteiger partial charge in [-0.05, 0) is 6.07 Å². The summed E-state index contributed by atoms with van der Waals surface area (Å²) in [7, 11) is 0. The fraction of sp³-hybridized carbons (Fsp3) is 0.308. The van der Waals surface area contributed by atoms with Gasteiger partial charge in [-0.25, -0.2) is 4.39 Å². The van der Waals surface area contributed by atoms with Crippen molar-refractivity contribution in [3.8, 4) is 0 Å². The molecule has 0 bridgehead atoms. The lowest BCUT2D eigenvalue weighted by molar-refractivity contribution is 0.206. The highest BCUT2D eigenvalue weighted by molar-refractivity contribution is 5.97. The molecule has 3 N–H and O–H groups in total. The van der Waals surface area contributed by atoms with Crippen LogP contribution in [0.4, 0.5) is 4.39 Å². The molecule has 7 nitrogen and oxygen atoms in total. The summed E-state index contributed by atoms with van der Waals surface area (Å²) in [5.74, 6) is 0.182. The third-order valence-corrected chi connectivity index (χ3v) is 3.57. The Morgan fingerprint density at radius 2 is 2.29 bits per heavy atom. The molecule has 0 radical (unpaired) electrons. The summed E-state index contributed by atoms with van der Waals surface area (Å²) in [6, 6.07) is 4.88. The number of rotatable bonds is 3. The van der Waals surface area contributed by atoms with E-state index in [2.05, 4.69) is 20.3 Å². The van der Waals surface area contributed by atoms with Crippen LogP contribution in [0, 0.1) is 5.82 Å². The molecule has 0 amide bonds. The largest absolute Gasteiger partial charge is 0.409 e. The van der Waals surface area contributed by atoms with E-state index >= 15 is 0 Å². The molecule has 8 heteroatoms. The van der Waals surface area contributed by atoms with Crippen LogP contribution in [-0.4, -0.2) is 37.3 Å². The number of amidine groups is 1. The van der Waals surface area contributed by atoms with Crippen LogP contribution >= 0.6 is 0 Å². The van der Waals surface area contributed by atoms with Crippen molar-refractivity contribution in [3.05, 3.63) is 47.3 Å². The molecule has 1 aromatic heterocycles. The van der Waals surface area contributed by atoms with E-state index in [0.717, 1.165) is 18.9 Å². The molecule has 0 spiro atoms. The maximum Gasteiger partial charge on any atom is 0.173 e. The lowest BCUT2D eigenvalue weighted by Gasteiger charge is -2.27. The van der Waals surface area contributed by atoms with Crippen LogP contribution in [0.5, 0.6) is 0 Å². The van der Waals surface area contributed by atoms with Crippen molar-refractivity contribution < 1.29 is 9.60 Å². The number of oxime groups is 1. The number of hydrogen-bond donors (Lipinski definition) is 2. The van der Waals surface area contributed by atoms with Crippen LogP contribution in [0.15, 0.2) is 29.7 Å². The Morgan fingerprint density at radius 1 is 1.43 bits per heavy atom. The average Bonchev–Trinajstić information content (AvgIpc) is 2.96. The number of benzene rings is 1. The smallest absolute Gasteiger partial charge is 0.173 e. The molecule has 0 unspecified atom stereocenters. The van der Waals surface area contributed by atoms with Gasteiger partial charge in [-0.15, -0.1) is 10.2 Å². The molecule has 2 aromatic rings. The van der Waals surface area contributed by atoms with Crippen molar-refractivity contribution in [2.75, 3.05) is 6.54 Å². The Morgan fingerprint density at radius 3 is 3.10 bits per heavy atom. The average molecular weight is 290 g/mol. The molecule has 1 aromatic carbocycles. The quantitative estimate of drug-likeness (QED) is 0.372. The summed E-state index contributed by atoms with van der Waals surface area (Å²) in [5.41, 5.74) is 6.08. The van der Waals surface area contributed by atoms with Crippen molar-refractivity contribution in [1.29, 1.82) is 0 Å². The standard InChI is InChI=1S/C13H15FN6O/c14-12-9(2-1-3-10(12)13(15)18-21)6-19-4-5-20-8-16-17-11(20)7-19/h1-3,8,21H,4-7H2,(H2,15,18). The molecule has 0 atom stereocenters. The first-order valence-corrected chi connectivity index (χ1v) is 6.53. The monoisotopic (exact) mass is 290 g/mol. The van der Waals surface area contributed by atoms with Crippen LogP contribution < -0.4 is 5.73 Å². The van der Waals surface area contributed by atoms with Crippen LogP contribution in [0.3, 0.4) is 0 Å². The van der Waals surface area contributed by atoms with Gasteiger partial charge in [-0.3, -0.25) is 4.90 Å². The Kier molecular flexibility index (Phi) is 3.53. The predicted molar refractivity (Wildman–Crippen MR) is 73.0 cm³/mol.